The van der Waals surface area contributed by atoms with Crippen LogP contribution in [0.25, 0.3) is 0 Å². The molecule has 1 heterocycles. The normalized spacial score (nSPS) is 25.1. The van der Waals surface area contributed by atoms with E-state index in [0.29, 0.717) is 19.8 Å². The molecule has 1 saturated heterocycles. The highest BCUT2D eigenvalue weighted by Crippen LogP contribution is 2.20. The van der Waals surface area contributed by atoms with Crippen LogP contribution in [-0.2, 0) is 9.53 Å². The van der Waals surface area contributed by atoms with Crippen LogP contribution < -0.4 is 5.73 Å². The maximum atomic E-state index is 12.1. The molecule has 0 saturated carbocycles. The van der Waals surface area contributed by atoms with Crippen LogP contribution in [0.15, 0.2) is 0 Å². The molecule has 2 N–H and O–H groups in total. The second-order valence-electron chi connectivity index (χ2n) is 5.30. The van der Waals surface area contributed by atoms with Crippen molar-refractivity contribution >= 4 is 5.91 Å². The van der Waals surface area contributed by atoms with E-state index in [1.165, 1.54) is 0 Å². The predicted molar refractivity (Wildman–Crippen MR) is 59.4 cm³/mol. The maximum Gasteiger partial charge on any atom is 0.240 e. The number of hydrogen-bond donors (Lipinski definition) is 1. The molecule has 15 heavy (non-hydrogen) atoms. The highest BCUT2D eigenvalue weighted by Gasteiger charge is 2.34. The van der Waals surface area contributed by atoms with Gasteiger partial charge in [0.1, 0.15) is 0 Å². The van der Waals surface area contributed by atoms with Gasteiger partial charge in [-0.3, -0.25) is 4.79 Å². The van der Waals surface area contributed by atoms with Gasteiger partial charge < -0.3 is 15.4 Å². The quantitative estimate of drug-likeness (QED) is 0.695. The van der Waals surface area contributed by atoms with E-state index in [9.17, 15) is 4.79 Å². The summed E-state index contributed by atoms with van der Waals surface area (Å²) >= 11 is 0. The van der Waals surface area contributed by atoms with Crippen molar-refractivity contribution < 1.29 is 9.53 Å². The van der Waals surface area contributed by atoms with E-state index in [-0.39, 0.29) is 17.4 Å². The lowest BCUT2D eigenvalue weighted by atomic mass is 9.86. The van der Waals surface area contributed by atoms with Gasteiger partial charge in [-0.2, -0.15) is 0 Å². The first-order chi connectivity index (χ1) is 6.84. The molecule has 4 heteroatoms. The molecule has 2 atom stereocenters. The summed E-state index contributed by atoms with van der Waals surface area (Å²) in [6, 6.07) is -0.294. The summed E-state index contributed by atoms with van der Waals surface area (Å²) < 4.78 is 5.29. The molecule has 1 rings (SSSR count). The first-order valence-corrected chi connectivity index (χ1v) is 5.48. The van der Waals surface area contributed by atoms with Crippen molar-refractivity contribution in [2.45, 2.75) is 39.8 Å². The van der Waals surface area contributed by atoms with Crippen LogP contribution in [0.5, 0.6) is 0 Å². The van der Waals surface area contributed by atoms with Gasteiger partial charge in [0.15, 0.2) is 0 Å². The fraction of sp³-hybridized carbons (Fsp3) is 0.909. The lowest BCUT2D eigenvalue weighted by Crippen LogP contribution is -2.56. The number of nitrogens with two attached hydrogens (primary N) is 1. The van der Waals surface area contributed by atoms with Crippen molar-refractivity contribution in [1.82, 2.24) is 4.90 Å². The Hall–Kier alpha value is -0.610. The summed E-state index contributed by atoms with van der Waals surface area (Å²) in [6.07, 6.45) is 0. The molecule has 1 aliphatic rings. The molecule has 1 aliphatic heterocycles. The summed E-state index contributed by atoms with van der Waals surface area (Å²) in [5, 5.41) is 0. The van der Waals surface area contributed by atoms with Crippen molar-refractivity contribution in [3.05, 3.63) is 0 Å². The lowest BCUT2D eigenvalue weighted by molar-refractivity contribution is -0.142. The Morgan fingerprint density at radius 2 is 2.13 bits per heavy atom. The Morgan fingerprint density at radius 3 is 2.60 bits per heavy atom. The van der Waals surface area contributed by atoms with Gasteiger partial charge in [-0.05, 0) is 12.3 Å². The lowest BCUT2D eigenvalue weighted by Gasteiger charge is -2.38. The third-order valence-electron chi connectivity index (χ3n) is 2.85. The summed E-state index contributed by atoms with van der Waals surface area (Å²) in [5.41, 5.74) is 5.77. The summed E-state index contributed by atoms with van der Waals surface area (Å²) in [5.74, 6) is 0.0401. The predicted octanol–water partition coefficient (Wildman–Crippen LogP) is 0.607. The van der Waals surface area contributed by atoms with Gasteiger partial charge in [-0.25, -0.2) is 0 Å². The molecule has 1 fully saturated rings. The molecule has 88 valence electrons. The van der Waals surface area contributed by atoms with Gasteiger partial charge in [0.2, 0.25) is 5.91 Å². The first-order valence-electron chi connectivity index (χ1n) is 5.48. The smallest absolute Gasteiger partial charge is 0.240 e. The number of morpholine rings is 1. The summed E-state index contributed by atoms with van der Waals surface area (Å²) in [6.45, 7) is 9.84. The molecule has 0 radical (unpaired) electrons. The van der Waals surface area contributed by atoms with Gasteiger partial charge in [-0.1, -0.05) is 20.8 Å². The van der Waals surface area contributed by atoms with Crippen LogP contribution in [0, 0.1) is 5.41 Å². The fourth-order valence-corrected chi connectivity index (χ4v) is 1.60. The third kappa shape index (κ3) is 2.92. The van der Waals surface area contributed by atoms with Crippen LogP contribution in [0.4, 0.5) is 0 Å². The molecule has 0 bridgehead atoms. The van der Waals surface area contributed by atoms with E-state index in [4.69, 9.17) is 10.5 Å². The number of amides is 1. The molecule has 1 amide bonds. The van der Waals surface area contributed by atoms with E-state index in [0.717, 1.165) is 0 Å². The standard InChI is InChI=1S/C11H22N2O2/c1-8-7-15-6-5-13(8)10(14)9(12)11(2,3)4/h8-9H,5-7,12H2,1-4H3/t8-,9-/m1/s1. The van der Waals surface area contributed by atoms with Crippen LogP contribution in [0.3, 0.4) is 0 Å². The minimum absolute atomic E-state index is 0.0401. The van der Waals surface area contributed by atoms with Gasteiger partial charge in [0.05, 0.1) is 25.3 Å². The highest BCUT2D eigenvalue weighted by molar-refractivity contribution is 5.82. The molecule has 0 aliphatic carbocycles. The van der Waals surface area contributed by atoms with E-state index >= 15 is 0 Å². The zero-order valence-corrected chi connectivity index (χ0v) is 10.1. The number of rotatable bonds is 1. The molecule has 0 spiro atoms. The van der Waals surface area contributed by atoms with E-state index in [2.05, 4.69) is 0 Å². The van der Waals surface area contributed by atoms with Crippen LogP contribution in [-0.4, -0.2) is 42.6 Å². The van der Waals surface area contributed by atoms with Gasteiger partial charge in [-0.15, -0.1) is 0 Å². The number of nitrogens with zero attached hydrogens (tertiary/aromatic N) is 1. The maximum absolute atomic E-state index is 12.1. The van der Waals surface area contributed by atoms with Crippen molar-refractivity contribution in [2.24, 2.45) is 11.1 Å². The van der Waals surface area contributed by atoms with Gasteiger partial charge in [0, 0.05) is 6.54 Å². The van der Waals surface area contributed by atoms with Gasteiger partial charge >= 0.3 is 0 Å². The average Bonchev–Trinajstić information content (AvgIpc) is 2.15. The molecule has 0 aromatic heterocycles. The Kier molecular flexibility index (Phi) is 3.73. The average molecular weight is 214 g/mol. The largest absolute Gasteiger partial charge is 0.377 e. The third-order valence-corrected chi connectivity index (χ3v) is 2.85. The molecule has 0 aromatic rings. The zero-order valence-electron chi connectivity index (χ0n) is 10.1. The van der Waals surface area contributed by atoms with E-state index < -0.39 is 6.04 Å². The van der Waals surface area contributed by atoms with Crippen LogP contribution in [0.2, 0.25) is 0 Å². The second-order valence-corrected chi connectivity index (χ2v) is 5.30. The minimum atomic E-state index is -0.432. The SMILES string of the molecule is C[C@@H]1COCCN1C(=O)[C@@H](N)C(C)(C)C. The Labute approximate surface area is 91.8 Å². The minimum Gasteiger partial charge on any atom is -0.377 e. The zero-order chi connectivity index (χ0) is 11.6. The first kappa shape index (κ1) is 12.5. The van der Waals surface area contributed by atoms with Crippen molar-refractivity contribution in [2.75, 3.05) is 19.8 Å². The highest BCUT2D eigenvalue weighted by atomic mass is 16.5. The van der Waals surface area contributed by atoms with Crippen LogP contribution >= 0.6 is 0 Å². The van der Waals surface area contributed by atoms with E-state index in [1.54, 1.807) is 0 Å². The van der Waals surface area contributed by atoms with Crippen molar-refractivity contribution in [1.29, 1.82) is 0 Å². The van der Waals surface area contributed by atoms with Gasteiger partial charge in [0.25, 0.3) is 0 Å². The van der Waals surface area contributed by atoms with Crippen LogP contribution in [0.1, 0.15) is 27.7 Å². The summed E-state index contributed by atoms with van der Waals surface area (Å²) in [7, 11) is 0. The second kappa shape index (κ2) is 4.49. The Balaban J connectivity index is 2.66. The Bertz CT molecular complexity index is 235. The Morgan fingerprint density at radius 1 is 1.53 bits per heavy atom. The molecule has 0 aromatic carbocycles. The molecular weight excluding hydrogens is 192 g/mol. The molecule has 4 nitrogen and oxygen atoms in total. The monoisotopic (exact) mass is 214 g/mol. The summed E-state index contributed by atoms with van der Waals surface area (Å²) in [4.78, 5) is 13.9. The number of ether oxygens (including phenoxy) is 1. The van der Waals surface area contributed by atoms with Crippen molar-refractivity contribution in [3.8, 4) is 0 Å². The van der Waals surface area contributed by atoms with E-state index in [1.807, 2.05) is 32.6 Å². The number of carbonyl (C=O) groups is 1. The topological polar surface area (TPSA) is 55.6 Å². The number of hydrogen-bond acceptors (Lipinski definition) is 3. The van der Waals surface area contributed by atoms with Crippen molar-refractivity contribution in [3.63, 3.8) is 0 Å². The molecule has 0 unspecified atom stereocenters. The number of carbonyl (C=O) groups excluding carboxylic acids is 1. The molecular formula is C11H22N2O2. The fourth-order valence-electron chi connectivity index (χ4n) is 1.60.